The Kier molecular flexibility index (Phi) is 7.09. The lowest BCUT2D eigenvalue weighted by Crippen LogP contribution is -2.32. The summed E-state index contributed by atoms with van der Waals surface area (Å²) >= 11 is 0. The van der Waals surface area contributed by atoms with Crippen molar-refractivity contribution in [2.75, 3.05) is 5.32 Å². The lowest BCUT2D eigenvalue weighted by molar-refractivity contribution is -0.123. The van der Waals surface area contributed by atoms with E-state index in [-0.39, 0.29) is 11.2 Å². The zero-order valence-corrected chi connectivity index (χ0v) is 23.1. The maximum atomic E-state index is 13.4. The van der Waals surface area contributed by atoms with Crippen LogP contribution in [-0.2, 0) is 16.6 Å². The molecular weight excluding hydrogens is 504 g/mol. The fourth-order valence-electron chi connectivity index (χ4n) is 4.80. The summed E-state index contributed by atoms with van der Waals surface area (Å²) in [7, 11) is 1.74. The van der Waals surface area contributed by atoms with Crippen molar-refractivity contribution < 1.29 is 14.3 Å². The van der Waals surface area contributed by atoms with E-state index in [1.165, 1.54) is 11.6 Å². The largest absolute Gasteiger partial charge is 0.449 e. The first-order valence-corrected chi connectivity index (χ1v) is 13.0. The first-order chi connectivity index (χ1) is 19.2. The van der Waals surface area contributed by atoms with Crippen molar-refractivity contribution in [3.05, 3.63) is 112 Å². The number of nitrogens with zero attached hydrogens (tertiary/aromatic N) is 3. The maximum Gasteiger partial charge on any atom is 0.339 e. The predicted octanol–water partition coefficient (Wildman–Crippen LogP) is 5.50. The van der Waals surface area contributed by atoms with E-state index in [1.54, 1.807) is 30.8 Å². The molecule has 0 saturated heterocycles. The molecule has 0 saturated carbocycles. The first-order valence-electron chi connectivity index (χ1n) is 13.0. The van der Waals surface area contributed by atoms with Crippen molar-refractivity contribution in [1.29, 1.82) is 0 Å². The second-order valence-corrected chi connectivity index (χ2v) is 9.86. The van der Waals surface area contributed by atoms with E-state index in [2.05, 4.69) is 11.4 Å². The molecule has 0 spiro atoms. The summed E-state index contributed by atoms with van der Waals surface area (Å²) in [6.07, 6.45) is -1.16. The SMILES string of the molecule is Cc1ccc(-c2cc(C(=O)OC(C)C(=O)Nc3c(C)n(C)n(-c4ccccc4)c3=O)c3ccccc3n2)c(C)c1. The summed E-state index contributed by atoms with van der Waals surface area (Å²) in [5.74, 6) is -1.26. The highest BCUT2D eigenvalue weighted by molar-refractivity contribution is 6.06. The summed E-state index contributed by atoms with van der Waals surface area (Å²) in [4.78, 5) is 44.5. The maximum absolute atomic E-state index is 13.4. The zero-order chi connectivity index (χ0) is 28.6. The van der Waals surface area contributed by atoms with Crippen LogP contribution in [0.25, 0.3) is 27.8 Å². The summed E-state index contributed by atoms with van der Waals surface area (Å²) in [6, 6.07) is 24.2. The summed E-state index contributed by atoms with van der Waals surface area (Å²) in [5.41, 5.74) is 5.66. The van der Waals surface area contributed by atoms with Crippen molar-refractivity contribution in [1.82, 2.24) is 14.3 Å². The number of aromatic nitrogens is 3. The van der Waals surface area contributed by atoms with Crippen molar-refractivity contribution in [3.8, 4) is 16.9 Å². The fraction of sp³-hybridized carbons (Fsp3) is 0.188. The van der Waals surface area contributed by atoms with Gasteiger partial charge in [-0.25, -0.2) is 14.5 Å². The molecule has 0 fully saturated rings. The van der Waals surface area contributed by atoms with Gasteiger partial charge in [-0.1, -0.05) is 60.2 Å². The summed E-state index contributed by atoms with van der Waals surface area (Å²) in [6.45, 7) is 7.25. The number of aryl methyl sites for hydroxylation is 2. The Morgan fingerprint density at radius 2 is 1.62 bits per heavy atom. The van der Waals surface area contributed by atoms with Crippen LogP contribution in [0.15, 0.2) is 83.7 Å². The van der Waals surface area contributed by atoms with Crippen LogP contribution in [0.1, 0.15) is 34.1 Å². The number of esters is 1. The van der Waals surface area contributed by atoms with Crippen LogP contribution in [0.3, 0.4) is 0 Å². The molecule has 1 atom stereocenters. The van der Waals surface area contributed by atoms with Gasteiger partial charge in [0.25, 0.3) is 11.5 Å². The normalized spacial score (nSPS) is 11.8. The van der Waals surface area contributed by atoms with Crippen LogP contribution < -0.4 is 10.9 Å². The monoisotopic (exact) mass is 534 g/mol. The smallest absolute Gasteiger partial charge is 0.339 e. The van der Waals surface area contributed by atoms with Crippen molar-refractivity contribution in [3.63, 3.8) is 0 Å². The molecule has 1 amide bonds. The first kappa shape index (κ1) is 26.6. The van der Waals surface area contributed by atoms with Crippen LogP contribution in [0, 0.1) is 20.8 Å². The van der Waals surface area contributed by atoms with Gasteiger partial charge in [0, 0.05) is 18.0 Å². The molecule has 5 aromatic rings. The standard InChI is InChI=1S/C32H30N4O4/c1-19-15-16-24(20(2)17-19)28-18-26(25-13-9-10-14-27(25)33-28)32(39)40-22(4)30(37)34-29-21(3)35(5)36(31(29)38)23-11-7-6-8-12-23/h6-18,22H,1-5H3,(H,34,37). The Labute approximate surface area is 231 Å². The zero-order valence-electron chi connectivity index (χ0n) is 23.1. The van der Waals surface area contributed by atoms with Gasteiger partial charge in [-0.2, -0.15) is 0 Å². The molecule has 8 heteroatoms. The van der Waals surface area contributed by atoms with E-state index in [9.17, 15) is 14.4 Å². The molecule has 40 heavy (non-hydrogen) atoms. The van der Waals surface area contributed by atoms with Gasteiger partial charge in [-0.05, 0) is 57.5 Å². The number of anilines is 1. The number of rotatable bonds is 6. The third-order valence-electron chi connectivity index (χ3n) is 7.05. The summed E-state index contributed by atoms with van der Waals surface area (Å²) in [5, 5.41) is 3.29. The highest BCUT2D eigenvalue weighted by Crippen LogP contribution is 2.28. The summed E-state index contributed by atoms with van der Waals surface area (Å²) < 4.78 is 8.77. The quantitative estimate of drug-likeness (QED) is 0.290. The molecule has 0 radical (unpaired) electrons. The Bertz CT molecular complexity index is 1820. The van der Waals surface area contributed by atoms with Gasteiger partial charge in [-0.15, -0.1) is 0 Å². The van der Waals surface area contributed by atoms with Gasteiger partial charge in [0.2, 0.25) is 0 Å². The highest BCUT2D eigenvalue weighted by Gasteiger charge is 2.25. The van der Waals surface area contributed by atoms with E-state index in [0.717, 1.165) is 16.7 Å². The van der Waals surface area contributed by atoms with Gasteiger partial charge in [0.15, 0.2) is 6.10 Å². The van der Waals surface area contributed by atoms with E-state index < -0.39 is 18.0 Å². The van der Waals surface area contributed by atoms with Gasteiger partial charge in [-0.3, -0.25) is 14.3 Å². The third-order valence-corrected chi connectivity index (χ3v) is 7.05. The number of ether oxygens (including phenoxy) is 1. The third kappa shape index (κ3) is 4.91. The molecule has 5 rings (SSSR count). The molecule has 202 valence electrons. The molecular formula is C32H30N4O4. The molecule has 2 aromatic heterocycles. The second-order valence-electron chi connectivity index (χ2n) is 9.86. The second kappa shape index (κ2) is 10.6. The number of benzene rings is 3. The Morgan fingerprint density at radius 1 is 0.925 bits per heavy atom. The molecule has 0 aliphatic heterocycles. The average molecular weight is 535 g/mol. The number of pyridine rings is 1. The van der Waals surface area contributed by atoms with Crippen molar-refractivity contribution in [2.24, 2.45) is 7.05 Å². The number of amides is 1. The Morgan fingerprint density at radius 3 is 2.35 bits per heavy atom. The number of carbonyl (C=O) groups excluding carboxylic acids is 2. The fourth-order valence-corrected chi connectivity index (χ4v) is 4.80. The topological polar surface area (TPSA) is 95.2 Å². The molecule has 3 aromatic carbocycles. The number of nitrogens with one attached hydrogen (secondary N) is 1. The predicted molar refractivity (Wildman–Crippen MR) is 156 cm³/mol. The van der Waals surface area contributed by atoms with Crippen LogP contribution in [0.4, 0.5) is 5.69 Å². The van der Waals surface area contributed by atoms with Crippen LogP contribution in [-0.4, -0.2) is 32.3 Å². The van der Waals surface area contributed by atoms with E-state index >= 15 is 0 Å². The Hall–Kier alpha value is -4.98. The number of hydrogen-bond donors (Lipinski definition) is 1. The van der Waals surface area contributed by atoms with E-state index in [1.807, 2.05) is 74.5 Å². The molecule has 1 N–H and O–H groups in total. The average Bonchev–Trinajstić information content (AvgIpc) is 3.15. The molecule has 1 unspecified atom stereocenters. The number of fused-ring (bicyclic) bond motifs is 1. The molecule has 0 aliphatic rings. The minimum absolute atomic E-state index is 0.130. The van der Waals surface area contributed by atoms with Crippen molar-refractivity contribution in [2.45, 2.75) is 33.8 Å². The van der Waals surface area contributed by atoms with Crippen LogP contribution in [0.2, 0.25) is 0 Å². The molecule has 0 bridgehead atoms. The Balaban J connectivity index is 1.42. The van der Waals surface area contributed by atoms with Crippen LogP contribution in [0.5, 0.6) is 0 Å². The number of para-hydroxylation sites is 2. The van der Waals surface area contributed by atoms with Gasteiger partial charge in [0.1, 0.15) is 5.69 Å². The van der Waals surface area contributed by atoms with Gasteiger partial charge in [0.05, 0.1) is 28.2 Å². The number of hydrogen-bond acceptors (Lipinski definition) is 5. The lowest BCUT2D eigenvalue weighted by atomic mass is 9.99. The lowest BCUT2D eigenvalue weighted by Gasteiger charge is -2.15. The minimum atomic E-state index is -1.16. The minimum Gasteiger partial charge on any atom is -0.449 e. The molecule has 8 nitrogen and oxygen atoms in total. The molecule has 0 aliphatic carbocycles. The number of carbonyl (C=O) groups is 2. The van der Waals surface area contributed by atoms with Gasteiger partial charge >= 0.3 is 5.97 Å². The van der Waals surface area contributed by atoms with Crippen molar-refractivity contribution >= 4 is 28.5 Å². The molecule has 2 heterocycles. The van der Waals surface area contributed by atoms with E-state index in [0.29, 0.717) is 33.5 Å². The highest BCUT2D eigenvalue weighted by atomic mass is 16.5. The van der Waals surface area contributed by atoms with E-state index in [4.69, 9.17) is 9.72 Å². The van der Waals surface area contributed by atoms with Crippen LogP contribution >= 0.6 is 0 Å². The van der Waals surface area contributed by atoms with Gasteiger partial charge < -0.3 is 10.1 Å².